The molecule has 0 aromatic heterocycles. The fourth-order valence-corrected chi connectivity index (χ4v) is 2.52. The topological polar surface area (TPSA) is 58.2 Å². The van der Waals surface area contributed by atoms with Crippen molar-refractivity contribution in [1.82, 2.24) is 5.32 Å². The van der Waals surface area contributed by atoms with Crippen LogP contribution in [0.4, 0.5) is 10.1 Å². The van der Waals surface area contributed by atoms with Gasteiger partial charge in [0.1, 0.15) is 11.9 Å². The Balaban J connectivity index is 2.02. The molecule has 0 bridgehead atoms. The van der Waals surface area contributed by atoms with E-state index in [1.54, 1.807) is 0 Å². The molecule has 2 aromatic carbocycles. The van der Waals surface area contributed by atoms with Gasteiger partial charge in [-0.25, -0.2) is 4.39 Å². The molecular weight excluding hydrogens is 343 g/mol. The zero-order chi connectivity index (χ0) is 18.4. The van der Waals surface area contributed by atoms with Crippen LogP contribution in [0.5, 0.6) is 0 Å². The lowest BCUT2D eigenvalue weighted by Crippen LogP contribution is -2.47. The van der Waals surface area contributed by atoms with Gasteiger partial charge in [0, 0.05) is 5.69 Å². The number of rotatable bonds is 6. The Bertz CT molecular complexity index is 750. The number of carbonyl (C=O) groups is 2. The van der Waals surface area contributed by atoms with E-state index in [1.165, 1.54) is 18.2 Å². The van der Waals surface area contributed by atoms with Crippen LogP contribution in [-0.4, -0.2) is 17.9 Å². The first kappa shape index (κ1) is 18.9. The summed E-state index contributed by atoms with van der Waals surface area (Å²) in [5.74, 6) is -1.29. The molecule has 132 valence electrons. The summed E-state index contributed by atoms with van der Waals surface area (Å²) >= 11 is 5.72. The van der Waals surface area contributed by atoms with Gasteiger partial charge in [0.05, 0.1) is 11.4 Å². The Labute approximate surface area is 151 Å². The van der Waals surface area contributed by atoms with Gasteiger partial charge in [-0.1, -0.05) is 55.8 Å². The first-order chi connectivity index (χ1) is 11.9. The Kier molecular flexibility index (Phi) is 6.53. The fraction of sp³-hybridized carbons (Fsp3) is 0.263. The molecule has 2 aromatic rings. The predicted octanol–water partition coefficient (Wildman–Crippen LogP) is 3.80. The molecule has 0 spiro atoms. The zero-order valence-corrected chi connectivity index (χ0v) is 14.8. The molecule has 0 aliphatic carbocycles. The van der Waals surface area contributed by atoms with Crippen LogP contribution in [0.1, 0.15) is 19.4 Å². The number of halogens is 2. The van der Waals surface area contributed by atoms with Crippen LogP contribution in [0.25, 0.3) is 0 Å². The van der Waals surface area contributed by atoms with Gasteiger partial charge in [-0.05, 0) is 29.7 Å². The molecule has 2 N–H and O–H groups in total. The number of hydrogen-bond donors (Lipinski definition) is 2. The highest BCUT2D eigenvalue weighted by molar-refractivity contribution is 6.31. The molecule has 0 unspecified atom stereocenters. The molecule has 2 amide bonds. The maximum atomic E-state index is 13.2. The molecule has 0 radical (unpaired) electrons. The summed E-state index contributed by atoms with van der Waals surface area (Å²) in [5, 5.41) is 5.33. The summed E-state index contributed by atoms with van der Waals surface area (Å²) in [6.07, 6.45) is 0.194. The highest BCUT2D eigenvalue weighted by Gasteiger charge is 2.24. The lowest BCUT2D eigenvalue weighted by molar-refractivity contribution is -0.127. The van der Waals surface area contributed by atoms with Crippen molar-refractivity contribution in [2.24, 2.45) is 5.92 Å². The molecule has 4 nitrogen and oxygen atoms in total. The Morgan fingerprint density at radius 3 is 2.40 bits per heavy atom. The average molecular weight is 363 g/mol. The standard InChI is InChI=1S/C19H20ClFN2O2/c1-12(2)18(23-17(24)10-13-6-4-3-5-7-13)19(25)22-14-8-9-16(21)15(20)11-14/h3-9,11-12,18H,10H2,1-2H3,(H,22,25)(H,23,24)/t18-/m0/s1. The third-order valence-corrected chi connectivity index (χ3v) is 3.95. The Morgan fingerprint density at radius 1 is 1.12 bits per heavy atom. The second kappa shape index (κ2) is 8.62. The minimum absolute atomic E-state index is 0.0768. The first-order valence-corrected chi connectivity index (χ1v) is 8.34. The van der Waals surface area contributed by atoms with Gasteiger partial charge in [-0.2, -0.15) is 0 Å². The third kappa shape index (κ3) is 5.57. The molecule has 6 heteroatoms. The molecule has 2 rings (SSSR count). The SMILES string of the molecule is CC(C)[C@H](NC(=O)Cc1ccccc1)C(=O)Nc1ccc(F)c(Cl)c1. The minimum atomic E-state index is -0.708. The number of nitrogens with one attached hydrogen (secondary N) is 2. The molecule has 0 heterocycles. The lowest BCUT2D eigenvalue weighted by Gasteiger charge is -2.22. The normalized spacial score (nSPS) is 11.9. The smallest absolute Gasteiger partial charge is 0.247 e. The summed E-state index contributed by atoms with van der Waals surface area (Å²) in [5.41, 5.74) is 1.24. The van der Waals surface area contributed by atoms with Crippen molar-refractivity contribution in [3.63, 3.8) is 0 Å². The van der Waals surface area contributed by atoms with Crippen molar-refractivity contribution in [1.29, 1.82) is 0 Å². The molecule has 0 fully saturated rings. The summed E-state index contributed by atoms with van der Waals surface area (Å²) in [7, 11) is 0. The van der Waals surface area contributed by atoms with Crippen LogP contribution in [0.15, 0.2) is 48.5 Å². The first-order valence-electron chi connectivity index (χ1n) is 7.96. The minimum Gasteiger partial charge on any atom is -0.344 e. The van der Waals surface area contributed by atoms with Crippen molar-refractivity contribution in [3.05, 3.63) is 64.9 Å². The monoisotopic (exact) mass is 362 g/mol. The van der Waals surface area contributed by atoms with E-state index in [4.69, 9.17) is 11.6 Å². The lowest BCUT2D eigenvalue weighted by atomic mass is 10.0. The number of amides is 2. The van der Waals surface area contributed by atoms with Crippen molar-refractivity contribution in [2.75, 3.05) is 5.32 Å². The van der Waals surface area contributed by atoms with Crippen LogP contribution < -0.4 is 10.6 Å². The van der Waals surface area contributed by atoms with E-state index in [-0.39, 0.29) is 29.2 Å². The van der Waals surface area contributed by atoms with E-state index >= 15 is 0 Å². The molecule has 0 saturated heterocycles. The molecule has 0 saturated carbocycles. The van der Waals surface area contributed by atoms with E-state index in [0.717, 1.165) is 5.56 Å². The van der Waals surface area contributed by atoms with E-state index < -0.39 is 11.9 Å². The average Bonchev–Trinajstić information content (AvgIpc) is 2.56. The summed E-state index contributed by atoms with van der Waals surface area (Å²) in [4.78, 5) is 24.7. The molecular formula is C19H20ClFN2O2. The van der Waals surface area contributed by atoms with Crippen LogP contribution in [0.3, 0.4) is 0 Å². The molecule has 0 aliphatic rings. The van der Waals surface area contributed by atoms with E-state index in [9.17, 15) is 14.0 Å². The van der Waals surface area contributed by atoms with Gasteiger partial charge >= 0.3 is 0 Å². The van der Waals surface area contributed by atoms with Crippen LogP contribution >= 0.6 is 11.6 Å². The summed E-state index contributed by atoms with van der Waals surface area (Å²) < 4.78 is 13.2. The Morgan fingerprint density at radius 2 is 1.80 bits per heavy atom. The summed E-state index contributed by atoms with van der Waals surface area (Å²) in [6, 6.07) is 12.5. The highest BCUT2D eigenvalue weighted by Crippen LogP contribution is 2.20. The largest absolute Gasteiger partial charge is 0.344 e. The van der Waals surface area contributed by atoms with Gasteiger partial charge in [0.25, 0.3) is 0 Å². The molecule has 25 heavy (non-hydrogen) atoms. The van der Waals surface area contributed by atoms with Gasteiger partial charge in [-0.3, -0.25) is 9.59 Å². The van der Waals surface area contributed by atoms with Crippen LogP contribution in [0.2, 0.25) is 5.02 Å². The second-order valence-electron chi connectivity index (χ2n) is 6.07. The quantitative estimate of drug-likeness (QED) is 0.821. The maximum Gasteiger partial charge on any atom is 0.247 e. The van der Waals surface area contributed by atoms with E-state index in [2.05, 4.69) is 10.6 Å². The van der Waals surface area contributed by atoms with E-state index in [0.29, 0.717) is 5.69 Å². The van der Waals surface area contributed by atoms with E-state index in [1.807, 2.05) is 44.2 Å². The molecule has 0 aliphatic heterocycles. The third-order valence-electron chi connectivity index (χ3n) is 3.66. The van der Waals surface area contributed by atoms with Crippen molar-refractivity contribution >= 4 is 29.1 Å². The second-order valence-corrected chi connectivity index (χ2v) is 6.48. The van der Waals surface area contributed by atoms with Gasteiger partial charge in [0.15, 0.2) is 0 Å². The van der Waals surface area contributed by atoms with Crippen LogP contribution in [0, 0.1) is 11.7 Å². The van der Waals surface area contributed by atoms with Crippen molar-refractivity contribution < 1.29 is 14.0 Å². The Hall–Kier alpha value is -2.40. The van der Waals surface area contributed by atoms with Gasteiger partial charge in [0.2, 0.25) is 11.8 Å². The van der Waals surface area contributed by atoms with Crippen LogP contribution in [-0.2, 0) is 16.0 Å². The maximum absolute atomic E-state index is 13.2. The molecule has 1 atom stereocenters. The van der Waals surface area contributed by atoms with Crippen molar-refractivity contribution in [2.45, 2.75) is 26.3 Å². The number of anilines is 1. The van der Waals surface area contributed by atoms with Crippen molar-refractivity contribution in [3.8, 4) is 0 Å². The number of benzene rings is 2. The highest BCUT2D eigenvalue weighted by atomic mass is 35.5. The predicted molar refractivity (Wildman–Crippen MR) is 97.0 cm³/mol. The van der Waals surface area contributed by atoms with Gasteiger partial charge < -0.3 is 10.6 Å². The summed E-state index contributed by atoms with van der Waals surface area (Å²) in [6.45, 7) is 3.68. The number of hydrogen-bond acceptors (Lipinski definition) is 2. The fourth-order valence-electron chi connectivity index (χ4n) is 2.33. The zero-order valence-electron chi connectivity index (χ0n) is 14.1. The number of carbonyl (C=O) groups excluding carboxylic acids is 2. The van der Waals surface area contributed by atoms with Gasteiger partial charge in [-0.15, -0.1) is 0 Å².